The lowest BCUT2D eigenvalue weighted by molar-refractivity contribution is 0.195. The van der Waals surface area contributed by atoms with Gasteiger partial charge in [0.1, 0.15) is 0 Å². The molecule has 0 amide bonds. The van der Waals surface area contributed by atoms with Gasteiger partial charge in [0, 0.05) is 71.0 Å². The molecule has 1 aliphatic carbocycles. The fourth-order valence-electron chi connectivity index (χ4n) is 12.4. The van der Waals surface area contributed by atoms with Gasteiger partial charge in [0.05, 0.1) is 5.54 Å². The zero-order valence-corrected chi connectivity index (χ0v) is 39.4. The number of fused-ring (bicyclic) bond motifs is 10. The Morgan fingerprint density at radius 1 is 0.672 bits per heavy atom. The number of aryl methyl sites for hydroxylation is 2. The second-order valence-electron chi connectivity index (χ2n) is 20.8. The Hall–Kier alpha value is -5.78. The molecule has 0 radical (unpaired) electrons. The Balaban J connectivity index is 1.24. The van der Waals surface area contributed by atoms with Crippen molar-refractivity contribution in [2.45, 2.75) is 110 Å². The molecule has 4 aliphatic rings. The molecular weight excluding hydrogens is 794 g/mol. The Bertz CT molecular complexity index is 3120. The van der Waals surface area contributed by atoms with E-state index in [2.05, 4.69) is 203 Å². The molecule has 7 aromatic carbocycles. The van der Waals surface area contributed by atoms with Gasteiger partial charge in [-0.3, -0.25) is 0 Å². The number of rotatable bonds is 7. The highest BCUT2D eigenvalue weighted by atomic mass is 32.1. The molecule has 64 heavy (non-hydrogen) atoms. The van der Waals surface area contributed by atoms with Crippen molar-refractivity contribution in [1.82, 2.24) is 0 Å². The fourth-order valence-corrected chi connectivity index (χ4v) is 13.5. The van der Waals surface area contributed by atoms with Gasteiger partial charge in [0.15, 0.2) is 0 Å². The summed E-state index contributed by atoms with van der Waals surface area (Å²) in [7, 11) is 0. The predicted molar refractivity (Wildman–Crippen MR) is 278 cm³/mol. The highest BCUT2D eigenvalue weighted by Crippen LogP contribution is 2.63. The monoisotopic (exact) mass is 851 g/mol. The van der Waals surface area contributed by atoms with Crippen LogP contribution in [0.4, 0.5) is 39.8 Å². The standard InChI is InChI=1S/C59H58BN3S/c1-8-9-21-39-31-48-56-49(32-39)60-55-47(44-37-54-46(36-51(44)63(60)50-26-17-16-20-38(50)2)45-33-40(57(3,4)5)27-28-53(45)64-54)34-43(35-52(55)62(56)59(7)30-19-18-29-58(48,59)6)61(41-22-12-10-13-23-41)42-24-14-11-15-25-42/h10-17,20,22-28,31-37H,8-9,18-19,21,29-30H2,1-7H3. The van der Waals surface area contributed by atoms with Crippen LogP contribution in [0.15, 0.2) is 140 Å². The van der Waals surface area contributed by atoms with E-state index in [1.165, 1.54) is 126 Å². The molecule has 4 heterocycles. The normalized spacial score (nSPS) is 19.5. The molecule has 0 bridgehead atoms. The van der Waals surface area contributed by atoms with E-state index in [0.29, 0.717) is 0 Å². The lowest BCUT2D eigenvalue weighted by Crippen LogP contribution is -2.64. The van der Waals surface area contributed by atoms with Crippen molar-refractivity contribution in [3.05, 3.63) is 162 Å². The van der Waals surface area contributed by atoms with Gasteiger partial charge in [-0.05, 0) is 150 Å². The third kappa shape index (κ3) is 5.65. The molecule has 5 heteroatoms. The van der Waals surface area contributed by atoms with Crippen LogP contribution in [0.5, 0.6) is 0 Å². The van der Waals surface area contributed by atoms with Crippen molar-refractivity contribution < 1.29 is 0 Å². The largest absolute Gasteiger partial charge is 0.376 e. The van der Waals surface area contributed by atoms with Crippen LogP contribution in [-0.4, -0.2) is 12.4 Å². The Morgan fingerprint density at radius 3 is 2.09 bits per heavy atom. The van der Waals surface area contributed by atoms with Gasteiger partial charge >= 0.3 is 6.85 Å². The van der Waals surface area contributed by atoms with Gasteiger partial charge in [-0.2, -0.15) is 0 Å². The van der Waals surface area contributed by atoms with Crippen LogP contribution < -0.4 is 25.5 Å². The molecule has 1 fully saturated rings. The minimum atomic E-state index is -0.0820. The zero-order valence-electron chi connectivity index (χ0n) is 38.6. The summed E-state index contributed by atoms with van der Waals surface area (Å²) in [5, 5.41) is 2.71. The lowest BCUT2D eigenvalue weighted by Gasteiger charge is -2.53. The first-order valence-electron chi connectivity index (χ1n) is 23.9. The van der Waals surface area contributed by atoms with Gasteiger partial charge in [-0.25, -0.2) is 0 Å². The summed E-state index contributed by atoms with van der Waals surface area (Å²) >= 11 is 1.94. The van der Waals surface area contributed by atoms with E-state index in [1.54, 1.807) is 5.56 Å². The number of nitrogens with zero attached hydrogens (tertiary/aromatic N) is 3. The molecule has 8 aromatic rings. The van der Waals surface area contributed by atoms with Crippen LogP contribution in [-0.2, 0) is 17.3 Å². The van der Waals surface area contributed by atoms with Crippen LogP contribution in [0.25, 0.3) is 31.3 Å². The third-order valence-electron chi connectivity index (χ3n) is 16.0. The lowest BCUT2D eigenvalue weighted by atomic mass is 9.43. The second kappa shape index (κ2) is 14.4. The van der Waals surface area contributed by atoms with E-state index in [1.807, 2.05) is 11.3 Å². The molecule has 1 saturated carbocycles. The molecule has 2 unspecified atom stereocenters. The molecule has 1 aromatic heterocycles. The summed E-state index contributed by atoms with van der Waals surface area (Å²) < 4.78 is 2.70. The molecule has 0 saturated heterocycles. The summed E-state index contributed by atoms with van der Waals surface area (Å²) in [6, 6.07) is 54.0. The number of thiophene rings is 1. The summed E-state index contributed by atoms with van der Waals surface area (Å²) in [6.45, 7) is 16.9. The van der Waals surface area contributed by atoms with Crippen LogP contribution in [0, 0.1) is 6.92 Å². The number of unbranched alkanes of at least 4 members (excludes halogenated alkanes) is 1. The maximum Gasteiger partial charge on any atom is 0.333 e. The first kappa shape index (κ1) is 39.8. The van der Waals surface area contributed by atoms with Gasteiger partial charge in [0.25, 0.3) is 0 Å². The molecule has 12 rings (SSSR count). The van der Waals surface area contributed by atoms with Gasteiger partial charge in [-0.15, -0.1) is 11.3 Å². The molecule has 3 aliphatic heterocycles. The highest BCUT2D eigenvalue weighted by molar-refractivity contribution is 7.25. The summed E-state index contributed by atoms with van der Waals surface area (Å²) in [5.74, 6) is 0. The topological polar surface area (TPSA) is 9.72 Å². The molecular formula is C59H58BN3S. The third-order valence-corrected chi connectivity index (χ3v) is 17.1. The first-order chi connectivity index (χ1) is 31.0. The SMILES string of the molecule is CCCCc1cc2c3c(c1)C1(C)CCCCC1(C)N3c1cc(N(c3ccccc3)c3ccccc3)cc3c1B2N(c1ccccc1C)c1cc2c(cc1-3)sc1ccc(C(C)(C)C)cc12. The number of benzene rings is 7. The summed E-state index contributed by atoms with van der Waals surface area (Å²) in [4.78, 5) is 8.18. The van der Waals surface area contributed by atoms with Crippen molar-refractivity contribution in [3.63, 3.8) is 0 Å². The maximum absolute atomic E-state index is 2.90. The van der Waals surface area contributed by atoms with E-state index < -0.39 is 0 Å². The van der Waals surface area contributed by atoms with Crippen LogP contribution in [0.3, 0.4) is 0 Å². The Labute approximate surface area is 384 Å². The van der Waals surface area contributed by atoms with Gasteiger partial charge < -0.3 is 14.6 Å². The summed E-state index contributed by atoms with van der Waals surface area (Å²) in [6.07, 6.45) is 8.39. The van der Waals surface area contributed by atoms with Crippen LogP contribution >= 0.6 is 11.3 Å². The molecule has 2 atom stereocenters. The molecule has 0 N–H and O–H groups in total. The smallest absolute Gasteiger partial charge is 0.333 e. The molecule has 3 nitrogen and oxygen atoms in total. The van der Waals surface area contributed by atoms with Crippen molar-refractivity contribution in [2.75, 3.05) is 14.6 Å². The second-order valence-corrected chi connectivity index (χ2v) is 21.8. The van der Waals surface area contributed by atoms with E-state index in [9.17, 15) is 0 Å². The number of para-hydroxylation sites is 3. The quantitative estimate of drug-likeness (QED) is 0.148. The minimum Gasteiger partial charge on any atom is -0.376 e. The average molecular weight is 852 g/mol. The van der Waals surface area contributed by atoms with Gasteiger partial charge in [-0.1, -0.05) is 127 Å². The zero-order chi connectivity index (χ0) is 43.7. The van der Waals surface area contributed by atoms with E-state index in [4.69, 9.17) is 0 Å². The van der Waals surface area contributed by atoms with E-state index >= 15 is 0 Å². The van der Waals surface area contributed by atoms with Crippen molar-refractivity contribution in [3.8, 4) is 11.1 Å². The number of anilines is 7. The van der Waals surface area contributed by atoms with E-state index in [-0.39, 0.29) is 23.2 Å². The maximum atomic E-state index is 2.90. The summed E-state index contributed by atoms with van der Waals surface area (Å²) in [5.41, 5.74) is 20.3. The van der Waals surface area contributed by atoms with Crippen LogP contribution in [0.1, 0.15) is 102 Å². The number of hydrogen-bond acceptors (Lipinski definition) is 4. The van der Waals surface area contributed by atoms with Crippen molar-refractivity contribution in [1.29, 1.82) is 0 Å². The van der Waals surface area contributed by atoms with E-state index in [0.717, 1.165) is 17.8 Å². The Kier molecular flexibility index (Phi) is 8.93. The minimum absolute atomic E-state index is 0.0130. The van der Waals surface area contributed by atoms with Crippen molar-refractivity contribution in [2.24, 2.45) is 0 Å². The average Bonchev–Trinajstić information content (AvgIpc) is 3.76. The molecule has 318 valence electrons. The fraction of sp³-hybridized carbons (Fsp3) is 0.288. The number of hydrogen-bond donors (Lipinski definition) is 0. The van der Waals surface area contributed by atoms with Gasteiger partial charge in [0.2, 0.25) is 0 Å². The Morgan fingerprint density at radius 2 is 1.38 bits per heavy atom. The van der Waals surface area contributed by atoms with Crippen molar-refractivity contribution >= 4 is 89.1 Å². The van der Waals surface area contributed by atoms with Crippen LogP contribution in [0.2, 0.25) is 0 Å². The molecule has 0 spiro atoms. The predicted octanol–water partition coefficient (Wildman–Crippen LogP) is 15.5. The first-order valence-corrected chi connectivity index (χ1v) is 24.7. The highest BCUT2D eigenvalue weighted by Gasteiger charge is 2.62.